The normalized spacial score (nSPS) is 10.7. The van der Waals surface area contributed by atoms with E-state index in [1.165, 1.54) is 0 Å². The number of hydrogen-bond acceptors (Lipinski definition) is 6. The first-order valence-electron chi connectivity index (χ1n) is 6.10. The maximum Gasteiger partial charge on any atom is 0.242 e. The molecule has 0 aliphatic heterocycles. The van der Waals surface area contributed by atoms with Crippen LogP contribution < -0.4 is 15.8 Å². The second-order valence-corrected chi connectivity index (χ2v) is 4.35. The van der Waals surface area contributed by atoms with Crippen LogP contribution in [0.15, 0.2) is 0 Å². The molecule has 0 fully saturated rings. The molecule has 18 heavy (non-hydrogen) atoms. The molecule has 102 valence electrons. The summed E-state index contributed by atoms with van der Waals surface area (Å²) in [6.45, 7) is 7.75. The Hall–Kier alpha value is -1.56. The summed E-state index contributed by atoms with van der Waals surface area (Å²) in [6.07, 6.45) is 0. The van der Waals surface area contributed by atoms with Crippen molar-refractivity contribution in [1.29, 1.82) is 0 Å². The van der Waals surface area contributed by atoms with E-state index >= 15 is 0 Å². The Morgan fingerprint density at radius 1 is 1.33 bits per heavy atom. The Morgan fingerprint density at radius 2 is 2.06 bits per heavy atom. The quantitative estimate of drug-likeness (QED) is 0.770. The van der Waals surface area contributed by atoms with Crippen molar-refractivity contribution < 1.29 is 9.47 Å². The third-order valence-corrected chi connectivity index (χ3v) is 2.19. The molecular weight excluding hydrogens is 232 g/mol. The summed E-state index contributed by atoms with van der Waals surface area (Å²) in [5, 5.41) is 3.20. The number of ether oxygens (including phenoxy) is 2. The molecule has 1 rings (SSSR count). The molecule has 1 aromatic heterocycles. The molecule has 0 atom stereocenters. The van der Waals surface area contributed by atoms with Crippen LogP contribution in [0, 0.1) is 5.92 Å². The largest absolute Gasteiger partial charge is 0.476 e. The van der Waals surface area contributed by atoms with Gasteiger partial charge in [0, 0.05) is 13.7 Å². The van der Waals surface area contributed by atoms with Crippen molar-refractivity contribution in [1.82, 2.24) is 9.97 Å². The predicted molar refractivity (Wildman–Crippen MR) is 71.7 cm³/mol. The molecule has 3 N–H and O–H groups in total. The summed E-state index contributed by atoms with van der Waals surface area (Å²) < 4.78 is 10.4. The maximum atomic E-state index is 5.97. The number of anilines is 2. The van der Waals surface area contributed by atoms with Crippen LogP contribution in [0.4, 0.5) is 11.5 Å². The van der Waals surface area contributed by atoms with Gasteiger partial charge < -0.3 is 20.5 Å². The Labute approximate surface area is 108 Å². The van der Waals surface area contributed by atoms with Crippen molar-refractivity contribution in [3.63, 3.8) is 0 Å². The average Bonchev–Trinajstić information content (AvgIpc) is 2.32. The van der Waals surface area contributed by atoms with Crippen LogP contribution in [0.1, 0.15) is 26.6 Å². The molecule has 6 heteroatoms. The SMILES string of the molecule is CCOc1nc(COC)nc(NCC(C)C)c1N. The minimum Gasteiger partial charge on any atom is -0.476 e. The van der Waals surface area contributed by atoms with Crippen LogP contribution >= 0.6 is 0 Å². The lowest BCUT2D eigenvalue weighted by atomic mass is 10.2. The number of rotatable bonds is 7. The van der Waals surface area contributed by atoms with Gasteiger partial charge in [-0.1, -0.05) is 13.8 Å². The van der Waals surface area contributed by atoms with Gasteiger partial charge in [-0.2, -0.15) is 4.98 Å². The fourth-order valence-electron chi connectivity index (χ4n) is 1.37. The van der Waals surface area contributed by atoms with Crippen LogP contribution in [0.3, 0.4) is 0 Å². The fraction of sp³-hybridized carbons (Fsp3) is 0.667. The third-order valence-electron chi connectivity index (χ3n) is 2.19. The number of nitrogens with two attached hydrogens (primary N) is 1. The van der Waals surface area contributed by atoms with E-state index in [2.05, 4.69) is 29.1 Å². The molecule has 1 aromatic rings. The predicted octanol–water partition coefficient (Wildman–Crippen LogP) is 1.67. The van der Waals surface area contributed by atoms with E-state index in [0.29, 0.717) is 42.3 Å². The third kappa shape index (κ3) is 4.03. The summed E-state index contributed by atoms with van der Waals surface area (Å²) in [6, 6.07) is 0. The average molecular weight is 254 g/mol. The van der Waals surface area contributed by atoms with Crippen LogP contribution in [0.5, 0.6) is 5.88 Å². The molecule has 0 amide bonds. The van der Waals surface area contributed by atoms with Gasteiger partial charge in [0.05, 0.1) is 6.61 Å². The Kier molecular flexibility index (Phi) is 5.64. The molecule has 0 saturated carbocycles. The van der Waals surface area contributed by atoms with Gasteiger partial charge in [-0.15, -0.1) is 0 Å². The van der Waals surface area contributed by atoms with E-state index in [4.69, 9.17) is 15.2 Å². The van der Waals surface area contributed by atoms with Gasteiger partial charge in [-0.05, 0) is 12.8 Å². The van der Waals surface area contributed by atoms with Gasteiger partial charge in [-0.25, -0.2) is 4.98 Å². The summed E-state index contributed by atoms with van der Waals surface area (Å²) >= 11 is 0. The van der Waals surface area contributed by atoms with Crippen LogP contribution in [-0.2, 0) is 11.3 Å². The minimum atomic E-state index is 0.330. The molecule has 1 heterocycles. The number of nitrogen functional groups attached to an aromatic ring is 1. The van der Waals surface area contributed by atoms with Crippen LogP contribution in [-0.4, -0.2) is 30.2 Å². The first-order chi connectivity index (χ1) is 8.58. The number of aromatic nitrogens is 2. The number of methoxy groups -OCH3 is 1. The lowest BCUT2D eigenvalue weighted by Gasteiger charge is -2.14. The summed E-state index contributed by atoms with van der Waals surface area (Å²) in [5.41, 5.74) is 6.41. The number of hydrogen-bond donors (Lipinski definition) is 2. The molecule has 0 aromatic carbocycles. The second kappa shape index (κ2) is 7.00. The van der Waals surface area contributed by atoms with Crippen LogP contribution in [0.25, 0.3) is 0 Å². The Morgan fingerprint density at radius 3 is 2.61 bits per heavy atom. The Balaban J connectivity index is 2.97. The molecule has 0 aliphatic carbocycles. The van der Waals surface area contributed by atoms with Crippen LogP contribution in [0.2, 0.25) is 0 Å². The molecule has 6 nitrogen and oxygen atoms in total. The fourth-order valence-corrected chi connectivity index (χ4v) is 1.37. The lowest BCUT2D eigenvalue weighted by molar-refractivity contribution is 0.176. The van der Waals surface area contributed by atoms with E-state index < -0.39 is 0 Å². The van der Waals surface area contributed by atoms with E-state index in [-0.39, 0.29) is 0 Å². The van der Waals surface area contributed by atoms with E-state index in [1.54, 1.807) is 7.11 Å². The Bertz CT molecular complexity index is 383. The van der Waals surface area contributed by atoms with Gasteiger partial charge >= 0.3 is 0 Å². The van der Waals surface area contributed by atoms with Gasteiger partial charge in [0.15, 0.2) is 11.6 Å². The summed E-state index contributed by atoms with van der Waals surface area (Å²) in [5.74, 6) is 2.07. The van der Waals surface area contributed by atoms with Gasteiger partial charge in [-0.3, -0.25) is 0 Å². The zero-order valence-corrected chi connectivity index (χ0v) is 11.5. The second-order valence-electron chi connectivity index (χ2n) is 4.35. The molecule has 0 radical (unpaired) electrons. The summed E-state index contributed by atoms with van der Waals surface area (Å²) in [4.78, 5) is 8.54. The number of nitrogens with one attached hydrogen (secondary N) is 1. The van der Waals surface area contributed by atoms with Crippen molar-refractivity contribution in [3.05, 3.63) is 5.82 Å². The highest BCUT2D eigenvalue weighted by Crippen LogP contribution is 2.26. The number of nitrogens with zero attached hydrogens (tertiary/aromatic N) is 2. The van der Waals surface area contributed by atoms with Crippen molar-refractivity contribution in [2.45, 2.75) is 27.4 Å². The molecule has 0 aliphatic rings. The standard InChI is InChI=1S/C12H22N4O2/c1-5-18-12-10(13)11(14-6-8(2)3)15-9(16-12)7-17-4/h8H,5-7,13H2,1-4H3,(H,14,15,16). The lowest BCUT2D eigenvalue weighted by Crippen LogP contribution is -2.14. The van der Waals surface area contributed by atoms with Crippen molar-refractivity contribution >= 4 is 11.5 Å². The summed E-state index contributed by atoms with van der Waals surface area (Å²) in [7, 11) is 1.60. The molecular formula is C12H22N4O2. The van der Waals surface area contributed by atoms with Crippen molar-refractivity contribution in [2.24, 2.45) is 5.92 Å². The van der Waals surface area contributed by atoms with Gasteiger partial charge in [0.2, 0.25) is 5.88 Å². The highest BCUT2D eigenvalue weighted by molar-refractivity contribution is 5.66. The zero-order chi connectivity index (χ0) is 13.5. The molecule has 0 bridgehead atoms. The highest BCUT2D eigenvalue weighted by Gasteiger charge is 2.12. The van der Waals surface area contributed by atoms with E-state index in [1.807, 2.05) is 6.92 Å². The van der Waals surface area contributed by atoms with Crippen molar-refractivity contribution in [3.8, 4) is 5.88 Å². The topological polar surface area (TPSA) is 82.3 Å². The smallest absolute Gasteiger partial charge is 0.242 e. The maximum absolute atomic E-state index is 5.97. The first kappa shape index (κ1) is 14.5. The first-order valence-corrected chi connectivity index (χ1v) is 6.10. The van der Waals surface area contributed by atoms with Crippen molar-refractivity contribution in [2.75, 3.05) is 31.3 Å². The molecule has 0 saturated heterocycles. The highest BCUT2D eigenvalue weighted by atomic mass is 16.5. The van der Waals surface area contributed by atoms with E-state index in [0.717, 1.165) is 6.54 Å². The monoisotopic (exact) mass is 254 g/mol. The molecule has 0 unspecified atom stereocenters. The van der Waals surface area contributed by atoms with Gasteiger partial charge in [0.25, 0.3) is 0 Å². The zero-order valence-electron chi connectivity index (χ0n) is 11.5. The van der Waals surface area contributed by atoms with Gasteiger partial charge in [0.1, 0.15) is 12.3 Å². The molecule has 0 spiro atoms. The van der Waals surface area contributed by atoms with E-state index in [9.17, 15) is 0 Å². The minimum absolute atomic E-state index is 0.330.